The summed E-state index contributed by atoms with van der Waals surface area (Å²) >= 11 is 0.940. The molecule has 104 valence electrons. The molecule has 0 saturated carbocycles. The lowest BCUT2D eigenvalue weighted by molar-refractivity contribution is 0.0701. The molecule has 4 nitrogen and oxygen atoms in total. The molecule has 2 rings (SSSR count). The molecule has 0 unspecified atom stereocenters. The van der Waals surface area contributed by atoms with E-state index >= 15 is 0 Å². The Morgan fingerprint density at radius 3 is 2.30 bits per heavy atom. The second kappa shape index (κ2) is 5.83. The predicted molar refractivity (Wildman–Crippen MR) is 73.5 cm³/mol. The Kier molecular flexibility index (Phi) is 4.14. The summed E-state index contributed by atoms with van der Waals surface area (Å²) in [6, 6.07) is 8.79. The molecular formula is C14H12FNO3S. The Hall–Kier alpha value is -2.21. The number of rotatable bonds is 4. The summed E-state index contributed by atoms with van der Waals surface area (Å²) in [5.41, 5.74) is 0.803. The van der Waals surface area contributed by atoms with Gasteiger partial charge in [0.2, 0.25) is 0 Å². The van der Waals surface area contributed by atoms with Crippen LogP contribution >= 0.6 is 11.3 Å². The number of aromatic carboxylic acids is 1. The average Bonchev–Trinajstić information content (AvgIpc) is 2.90. The third-order valence-corrected chi connectivity index (χ3v) is 3.77. The number of hydrogen-bond acceptors (Lipinski definition) is 3. The van der Waals surface area contributed by atoms with Crippen molar-refractivity contribution in [1.82, 2.24) is 4.90 Å². The van der Waals surface area contributed by atoms with Gasteiger partial charge in [-0.15, -0.1) is 11.3 Å². The van der Waals surface area contributed by atoms with E-state index in [1.807, 2.05) is 0 Å². The molecule has 0 fully saturated rings. The van der Waals surface area contributed by atoms with E-state index in [2.05, 4.69) is 0 Å². The lowest BCUT2D eigenvalue weighted by atomic mass is 10.2. The number of hydrogen-bond donors (Lipinski definition) is 1. The highest BCUT2D eigenvalue weighted by Crippen LogP contribution is 2.19. The van der Waals surface area contributed by atoms with Crippen LogP contribution in [0.4, 0.5) is 4.39 Å². The van der Waals surface area contributed by atoms with Crippen LogP contribution in [0.5, 0.6) is 0 Å². The smallest absolute Gasteiger partial charge is 0.345 e. The van der Waals surface area contributed by atoms with E-state index in [0.717, 1.165) is 16.9 Å². The molecule has 1 aromatic carbocycles. The van der Waals surface area contributed by atoms with E-state index in [9.17, 15) is 14.0 Å². The maximum Gasteiger partial charge on any atom is 0.345 e. The van der Waals surface area contributed by atoms with Crippen molar-refractivity contribution in [2.45, 2.75) is 6.54 Å². The third kappa shape index (κ3) is 3.21. The fraction of sp³-hybridized carbons (Fsp3) is 0.143. The lowest BCUT2D eigenvalue weighted by Gasteiger charge is -2.16. The first-order valence-corrected chi connectivity index (χ1v) is 6.62. The molecule has 6 heteroatoms. The molecule has 0 saturated heterocycles. The van der Waals surface area contributed by atoms with Crippen LogP contribution in [0.25, 0.3) is 0 Å². The van der Waals surface area contributed by atoms with Crippen LogP contribution in [-0.2, 0) is 6.54 Å². The Morgan fingerprint density at radius 1 is 1.15 bits per heavy atom. The molecule has 20 heavy (non-hydrogen) atoms. The monoisotopic (exact) mass is 293 g/mol. The highest BCUT2D eigenvalue weighted by molar-refractivity contribution is 7.15. The van der Waals surface area contributed by atoms with Gasteiger partial charge in [0.1, 0.15) is 10.7 Å². The SMILES string of the molecule is CN(Cc1ccc(F)cc1)C(=O)c1ccc(C(=O)O)s1. The highest BCUT2D eigenvalue weighted by Gasteiger charge is 2.16. The number of carboxylic acid groups (broad SMARTS) is 1. The van der Waals surface area contributed by atoms with Crippen molar-refractivity contribution in [3.8, 4) is 0 Å². The molecule has 0 aliphatic carbocycles. The van der Waals surface area contributed by atoms with Gasteiger partial charge in [-0.25, -0.2) is 9.18 Å². The van der Waals surface area contributed by atoms with E-state index in [0.29, 0.717) is 11.4 Å². The Morgan fingerprint density at radius 2 is 1.75 bits per heavy atom. The largest absolute Gasteiger partial charge is 0.477 e. The van der Waals surface area contributed by atoms with Crippen LogP contribution in [0.1, 0.15) is 24.9 Å². The van der Waals surface area contributed by atoms with Crippen molar-refractivity contribution < 1.29 is 19.1 Å². The van der Waals surface area contributed by atoms with Crippen molar-refractivity contribution >= 4 is 23.2 Å². The third-order valence-electron chi connectivity index (χ3n) is 2.71. The van der Waals surface area contributed by atoms with Gasteiger partial charge in [-0.05, 0) is 29.8 Å². The van der Waals surface area contributed by atoms with E-state index in [-0.39, 0.29) is 16.6 Å². The van der Waals surface area contributed by atoms with Crippen LogP contribution in [-0.4, -0.2) is 28.9 Å². The molecule has 0 spiro atoms. The minimum atomic E-state index is -1.05. The molecule has 1 N–H and O–H groups in total. The van der Waals surface area contributed by atoms with Crippen LogP contribution in [0.3, 0.4) is 0 Å². The van der Waals surface area contributed by atoms with Crippen LogP contribution in [0.15, 0.2) is 36.4 Å². The van der Waals surface area contributed by atoms with Crippen molar-refractivity contribution in [2.75, 3.05) is 7.05 Å². The molecule has 0 radical (unpaired) electrons. The van der Waals surface area contributed by atoms with Gasteiger partial charge in [0, 0.05) is 13.6 Å². The zero-order chi connectivity index (χ0) is 14.7. The summed E-state index contributed by atoms with van der Waals surface area (Å²) in [6.07, 6.45) is 0. The number of carbonyl (C=O) groups is 2. The van der Waals surface area contributed by atoms with Gasteiger partial charge >= 0.3 is 5.97 Å². The Balaban J connectivity index is 2.07. The average molecular weight is 293 g/mol. The summed E-state index contributed by atoms with van der Waals surface area (Å²) in [5.74, 6) is -1.63. The maximum absolute atomic E-state index is 12.8. The zero-order valence-corrected chi connectivity index (χ0v) is 11.5. The van der Waals surface area contributed by atoms with Crippen LogP contribution < -0.4 is 0 Å². The zero-order valence-electron chi connectivity index (χ0n) is 10.7. The molecular weight excluding hydrogens is 281 g/mol. The fourth-order valence-corrected chi connectivity index (χ4v) is 2.53. The van der Waals surface area contributed by atoms with Crippen molar-refractivity contribution in [3.63, 3.8) is 0 Å². The second-order valence-corrected chi connectivity index (χ2v) is 5.34. The summed E-state index contributed by atoms with van der Waals surface area (Å²) < 4.78 is 12.8. The van der Waals surface area contributed by atoms with Gasteiger partial charge < -0.3 is 10.0 Å². The van der Waals surface area contributed by atoms with Crippen LogP contribution in [0.2, 0.25) is 0 Å². The minimum Gasteiger partial charge on any atom is -0.477 e. The number of carboxylic acids is 1. The summed E-state index contributed by atoms with van der Waals surface area (Å²) in [6.45, 7) is 0.333. The first kappa shape index (κ1) is 14.2. The van der Waals surface area contributed by atoms with Crippen molar-refractivity contribution in [3.05, 3.63) is 57.5 Å². The standard InChI is InChI=1S/C14H12FNO3S/c1-16(8-9-2-4-10(15)5-3-9)13(17)11-6-7-12(20-11)14(18)19/h2-7H,8H2,1H3,(H,18,19). The van der Waals surface area contributed by atoms with Gasteiger partial charge in [-0.2, -0.15) is 0 Å². The number of amides is 1. The van der Waals surface area contributed by atoms with E-state index in [1.54, 1.807) is 19.2 Å². The molecule has 0 bridgehead atoms. The molecule has 1 heterocycles. The predicted octanol–water partition coefficient (Wildman–Crippen LogP) is 2.86. The minimum absolute atomic E-state index is 0.128. The van der Waals surface area contributed by atoms with Crippen molar-refractivity contribution in [1.29, 1.82) is 0 Å². The number of halogens is 1. The van der Waals surface area contributed by atoms with Gasteiger partial charge in [-0.1, -0.05) is 12.1 Å². The van der Waals surface area contributed by atoms with Gasteiger partial charge in [0.15, 0.2) is 0 Å². The van der Waals surface area contributed by atoms with E-state index in [4.69, 9.17) is 5.11 Å². The van der Waals surface area contributed by atoms with Gasteiger partial charge in [0.05, 0.1) is 4.88 Å². The summed E-state index contributed by atoms with van der Waals surface area (Å²) in [4.78, 5) is 24.9. The number of carbonyl (C=O) groups excluding carboxylic acids is 1. The van der Waals surface area contributed by atoms with E-state index in [1.165, 1.54) is 29.2 Å². The molecule has 1 amide bonds. The Bertz CT molecular complexity index is 636. The number of thiophene rings is 1. The first-order valence-electron chi connectivity index (χ1n) is 5.80. The normalized spacial score (nSPS) is 10.3. The van der Waals surface area contributed by atoms with Gasteiger partial charge in [-0.3, -0.25) is 4.79 Å². The highest BCUT2D eigenvalue weighted by atomic mass is 32.1. The van der Waals surface area contributed by atoms with Gasteiger partial charge in [0.25, 0.3) is 5.91 Å². The molecule has 1 aromatic heterocycles. The molecule has 0 aliphatic heterocycles. The molecule has 2 aromatic rings. The number of benzene rings is 1. The first-order chi connectivity index (χ1) is 9.47. The Labute approximate surface area is 119 Å². The molecule has 0 atom stereocenters. The second-order valence-electron chi connectivity index (χ2n) is 4.26. The van der Waals surface area contributed by atoms with E-state index < -0.39 is 5.97 Å². The lowest BCUT2D eigenvalue weighted by Crippen LogP contribution is -2.25. The molecule has 0 aliphatic rings. The fourth-order valence-electron chi connectivity index (χ4n) is 1.69. The topological polar surface area (TPSA) is 57.6 Å². The maximum atomic E-state index is 12.8. The van der Waals surface area contributed by atoms with Crippen molar-refractivity contribution in [2.24, 2.45) is 0 Å². The van der Waals surface area contributed by atoms with Crippen LogP contribution in [0, 0.1) is 5.82 Å². The quantitative estimate of drug-likeness (QED) is 0.943. The summed E-state index contributed by atoms with van der Waals surface area (Å²) in [7, 11) is 1.62. The summed E-state index contributed by atoms with van der Waals surface area (Å²) in [5, 5.41) is 8.83. The number of nitrogens with zero attached hydrogens (tertiary/aromatic N) is 1.